The number of hydrogen-bond acceptors (Lipinski definition) is 2. The minimum absolute atomic E-state index is 0.230. The molecule has 0 aliphatic carbocycles. The van der Waals surface area contributed by atoms with Crippen LogP contribution in [0.1, 0.15) is 12.0 Å². The maximum atomic E-state index is 8.95. The predicted molar refractivity (Wildman–Crippen MR) is 49.3 cm³/mol. The van der Waals surface area contributed by atoms with E-state index >= 15 is 0 Å². The van der Waals surface area contributed by atoms with Crippen LogP contribution < -0.4 is 5.32 Å². The van der Waals surface area contributed by atoms with E-state index in [0.29, 0.717) is 0 Å². The summed E-state index contributed by atoms with van der Waals surface area (Å²) in [5.74, 6) is 0. The van der Waals surface area contributed by atoms with E-state index < -0.39 is 0 Å². The van der Waals surface area contributed by atoms with E-state index in [2.05, 4.69) is 23.5 Å². The Kier molecular flexibility index (Phi) is 2.00. The topological polar surface area (TPSA) is 32.3 Å². The van der Waals surface area contributed by atoms with Crippen molar-refractivity contribution >= 4 is 5.69 Å². The van der Waals surface area contributed by atoms with Crippen LogP contribution >= 0.6 is 0 Å². The Balaban J connectivity index is 2.23. The normalized spacial score (nSPS) is 21.2. The zero-order valence-electron chi connectivity index (χ0n) is 6.96. The Hall–Kier alpha value is -1.02. The Bertz CT molecular complexity index is 272. The Morgan fingerprint density at radius 2 is 2.25 bits per heavy atom. The van der Waals surface area contributed by atoms with E-state index in [9.17, 15) is 0 Å². The number of rotatable bonds is 1. The highest BCUT2D eigenvalue weighted by molar-refractivity contribution is 5.53. The highest BCUT2D eigenvalue weighted by Gasteiger charge is 2.15. The van der Waals surface area contributed by atoms with Gasteiger partial charge in [0.05, 0.1) is 6.61 Å². The van der Waals surface area contributed by atoms with E-state index in [1.165, 1.54) is 11.3 Å². The van der Waals surface area contributed by atoms with Gasteiger partial charge < -0.3 is 10.4 Å². The van der Waals surface area contributed by atoms with Gasteiger partial charge in [-0.2, -0.15) is 0 Å². The lowest BCUT2D eigenvalue weighted by molar-refractivity contribution is 0.267. The summed E-state index contributed by atoms with van der Waals surface area (Å²) in [4.78, 5) is 0. The number of para-hydroxylation sites is 1. The molecule has 1 aromatic carbocycles. The summed E-state index contributed by atoms with van der Waals surface area (Å²) < 4.78 is 0. The van der Waals surface area contributed by atoms with Gasteiger partial charge in [-0.3, -0.25) is 0 Å². The summed E-state index contributed by atoms with van der Waals surface area (Å²) in [6.45, 7) is 0.230. The third-order valence-corrected chi connectivity index (χ3v) is 2.36. The van der Waals surface area contributed by atoms with Crippen molar-refractivity contribution in [2.45, 2.75) is 18.9 Å². The van der Waals surface area contributed by atoms with Gasteiger partial charge in [-0.15, -0.1) is 0 Å². The van der Waals surface area contributed by atoms with Gasteiger partial charge in [0.25, 0.3) is 0 Å². The molecule has 0 amide bonds. The zero-order chi connectivity index (χ0) is 8.39. The number of aliphatic hydroxyl groups excluding tert-OH is 1. The second kappa shape index (κ2) is 3.15. The van der Waals surface area contributed by atoms with E-state index in [-0.39, 0.29) is 12.6 Å². The van der Waals surface area contributed by atoms with E-state index in [4.69, 9.17) is 5.11 Å². The average Bonchev–Trinajstić information content (AvgIpc) is 2.17. The molecule has 1 aliphatic rings. The van der Waals surface area contributed by atoms with E-state index in [1.54, 1.807) is 0 Å². The maximum Gasteiger partial charge on any atom is 0.0632 e. The minimum Gasteiger partial charge on any atom is -0.394 e. The molecule has 2 nitrogen and oxygen atoms in total. The van der Waals surface area contributed by atoms with E-state index in [1.807, 2.05) is 6.07 Å². The highest BCUT2D eigenvalue weighted by Crippen LogP contribution is 2.23. The smallest absolute Gasteiger partial charge is 0.0632 e. The van der Waals surface area contributed by atoms with Gasteiger partial charge in [-0.25, -0.2) is 0 Å². The van der Waals surface area contributed by atoms with Crippen LogP contribution in [0, 0.1) is 0 Å². The van der Waals surface area contributed by atoms with Crippen molar-refractivity contribution in [3.05, 3.63) is 29.8 Å². The lowest BCUT2D eigenvalue weighted by Crippen LogP contribution is -2.28. The molecule has 12 heavy (non-hydrogen) atoms. The highest BCUT2D eigenvalue weighted by atomic mass is 16.3. The molecule has 1 aromatic rings. The summed E-state index contributed by atoms with van der Waals surface area (Å²) in [5, 5.41) is 12.3. The fourth-order valence-corrected chi connectivity index (χ4v) is 1.64. The maximum absolute atomic E-state index is 8.95. The molecular weight excluding hydrogens is 150 g/mol. The van der Waals surface area contributed by atoms with Crippen LogP contribution in [0.15, 0.2) is 24.3 Å². The molecular formula is C10H13NO. The van der Waals surface area contributed by atoms with Crippen molar-refractivity contribution in [1.82, 2.24) is 0 Å². The van der Waals surface area contributed by atoms with Gasteiger partial charge in [-0.1, -0.05) is 18.2 Å². The van der Waals surface area contributed by atoms with Crippen molar-refractivity contribution in [1.29, 1.82) is 0 Å². The van der Waals surface area contributed by atoms with Crippen LogP contribution in [0.2, 0.25) is 0 Å². The molecule has 1 atom stereocenters. The first-order chi connectivity index (χ1) is 5.90. The van der Waals surface area contributed by atoms with Crippen LogP contribution in [0.5, 0.6) is 0 Å². The summed E-state index contributed by atoms with van der Waals surface area (Å²) in [6.07, 6.45) is 2.11. The average molecular weight is 163 g/mol. The van der Waals surface area contributed by atoms with Crippen molar-refractivity contribution in [3.63, 3.8) is 0 Å². The third kappa shape index (κ3) is 1.30. The molecule has 64 valence electrons. The largest absolute Gasteiger partial charge is 0.394 e. The minimum atomic E-state index is 0.230. The van der Waals surface area contributed by atoms with Gasteiger partial charge in [-0.05, 0) is 24.5 Å². The number of hydrogen-bond donors (Lipinski definition) is 2. The Morgan fingerprint density at radius 1 is 1.42 bits per heavy atom. The number of fused-ring (bicyclic) bond motifs is 1. The Morgan fingerprint density at radius 3 is 3.08 bits per heavy atom. The predicted octanol–water partition coefficient (Wildman–Crippen LogP) is 1.41. The van der Waals surface area contributed by atoms with Gasteiger partial charge in [0.1, 0.15) is 0 Å². The molecule has 0 spiro atoms. The second-order valence-electron chi connectivity index (χ2n) is 3.22. The van der Waals surface area contributed by atoms with Crippen LogP contribution in [0.25, 0.3) is 0 Å². The Labute approximate surface area is 72.2 Å². The molecule has 0 unspecified atom stereocenters. The molecule has 0 aromatic heterocycles. The van der Waals surface area contributed by atoms with Crippen LogP contribution in [-0.4, -0.2) is 17.8 Å². The van der Waals surface area contributed by atoms with E-state index in [0.717, 1.165) is 12.8 Å². The lowest BCUT2D eigenvalue weighted by Gasteiger charge is -2.25. The molecule has 2 heteroatoms. The summed E-state index contributed by atoms with van der Waals surface area (Å²) >= 11 is 0. The molecule has 0 saturated carbocycles. The molecule has 0 bridgehead atoms. The van der Waals surface area contributed by atoms with Gasteiger partial charge in [0.2, 0.25) is 0 Å². The summed E-state index contributed by atoms with van der Waals surface area (Å²) in [7, 11) is 0. The third-order valence-electron chi connectivity index (χ3n) is 2.36. The first kappa shape index (κ1) is 7.62. The number of aryl methyl sites for hydroxylation is 1. The molecule has 0 fully saturated rings. The van der Waals surface area contributed by atoms with Crippen LogP contribution in [0.3, 0.4) is 0 Å². The van der Waals surface area contributed by atoms with Crippen molar-refractivity contribution < 1.29 is 5.11 Å². The zero-order valence-corrected chi connectivity index (χ0v) is 6.96. The molecule has 2 rings (SSSR count). The number of nitrogens with one attached hydrogen (secondary N) is 1. The fourth-order valence-electron chi connectivity index (χ4n) is 1.64. The number of benzene rings is 1. The first-order valence-electron chi connectivity index (χ1n) is 4.35. The number of aliphatic hydroxyl groups is 1. The van der Waals surface area contributed by atoms with Crippen LogP contribution in [0.4, 0.5) is 5.69 Å². The van der Waals surface area contributed by atoms with Gasteiger partial charge in [0, 0.05) is 11.7 Å². The summed E-state index contributed by atoms with van der Waals surface area (Å²) in [6, 6.07) is 8.53. The van der Waals surface area contributed by atoms with Gasteiger partial charge in [0.15, 0.2) is 0 Å². The number of anilines is 1. The van der Waals surface area contributed by atoms with Crippen LogP contribution in [-0.2, 0) is 6.42 Å². The second-order valence-corrected chi connectivity index (χ2v) is 3.22. The molecule has 0 radical (unpaired) electrons. The van der Waals surface area contributed by atoms with Crippen molar-refractivity contribution in [3.8, 4) is 0 Å². The van der Waals surface area contributed by atoms with Gasteiger partial charge >= 0.3 is 0 Å². The standard InChI is InChI=1S/C10H13NO/c12-7-9-6-5-8-3-1-2-4-10(8)11-9/h1-4,9,11-12H,5-7H2/t9-/m1/s1. The molecule has 0 saturated heterocycles. The van der Waals surface area contributed by atoms with Crippen molar-refractivity contribution in [2.24, 2.45) is 0 Å². The monoisotopic (exact) mass is 163 g/mol. The quantitative estimate of drug-likeness (QED) is 0.656. The molecule has 2 N–H and O–H groups in total. The van der Waals surface area contributed by atoms with Crippen molar-refractivity contribution in [2.75, 3.05) is 11.9 Å². The molecule has 1 heterocycles. The summed E-state index contributed by atoms with van der Waals surface area (Å²) in [5.41, 5.74) is 2.55. The SMILES string of the molecule is OC[C@H]1CCc2ccccc2N1. The fraction of sp³-hybridized carbons (Fsp3) is 0.400. The first-order valence-corrected chi connectivity index (χ1v) is 4.35. The molecule has 1 aliphatic heterocycles. The lowest BCUT2D eigenvalue weighted by atomic mass is 9.99.